The van der Waals surface area contributed by atoms with Crippen LogP contribution >= 0.6 is 0 Å². The zero-order chi connectivity index (χ0) is 20.4. The highest BCUT2D eigenvalue weighted by Crippen LogP contribution is 2.14. The van der Waals surface area contributed by atoms with E-state index in [2.05, 4.69) is 89.9 Å². The Morgan fingerprint density at radius 2 is 1.07 bits per heavy atom. The molecule has 0 saturated heterocycles. The minimum atomic E-state index is 0.827. The summed E-state index contributed by atoms with van der Waals surface area (Å²) in [5.41, 5.74) is 8.14. The fourth-order valence-corrected chi connectivity index (χ4v) is 2.75. The van der Waals surface area contributed by atoms with Crippen LogP contribution in [0, 0.1) is 20.8 Å². The molecule has 0 saturated carbocycles. The molecule has 5 heteroatoms. The molecule has 0 atom stereocenters. The molecule has 0 unspecified atom stereocenters. The Bertz CT molecular complexity index is 817. The largest absolute Gasteiger partial charge is 0.274 e. The fraction of sp³-hybridized carbons (Fsp3) is 0.261. The monoisotopic (exact) mass is 375 g/mol. The second-order valence-corrected chi connectivity index (χ2v) is 6.90. The topological polar surface area (TPSA) is 90.7 Å². The van der Waals surface area contributed by atoms with Gasteiger partial charge in [-0.1, -0.05) is 29.8 Å². The number of hydrazine groups is 1. The summed E-state index contributed by atoms with van der Waals surface area (Å²) in [5.74, 6) is 8.00. The molecular formula is C23H29N5. The van der Waals surface area contributed by atoms with Crippen LogP contribution in [-0.4, -0.2) is 15.0 Å². The van der Waals surface area contributed by atoms with E-state index in [0.29, 0.717) is 0 Å². The molecule has 4 N–H and O–H groups in total. The van der Waals surface area contributed by atoms with Crippen molar-refractivity contribution < 1.29 is 0 Å². The average Bonchev–Trinajstić information content (AvgIpc) is 2.72. The minimum Gasteiger partial charge on any atom is -0.274 e. The maximum atomic E-state index is 4.56. The lowest BCUT2D eigenvalue weighted by atomic mass is 10.0. The fourth-order valence-electron chi connectivity index (χ4n) is 2.75. The maximum absolute atomic E-state index is 4.56. The van der Waals surface area contributed by atoms with Crippen LogP contribution < -0.4 is 11.7 Å². The van der Waals surface area contributed by atoms with Gasteiger partial charge in [-0.05, 0) is 55.7 Å². The molecule has 146 valence electrons. The molecule has 28 heavy (non-hydrogen) atoms. The summed E-state index contributed by atoms with van der Waals surface area (Å²) in [4.78, 5) is 13.6. The average molecular weight is 376 g/mol. The van der Waals surface area contributed by atoms with Crippen molar-refractivity contribution in [3.8, 4) is 0 Å². The Morgan fingerprint density at radius 1 is 0.679 bits per heavy atom. The lowest BCUT2D eigenvalue weighted by Gasteiger charge is -2.09. The van der Waals surface area contributed by atoms with Crippen molar-refractivity contribution in [3.63, 3.8) is 0 Å². The van der Waals surface area contributed by atoms with Crippen molar-refractivity contribution in [1.29, 1.82) is 0 Å². The van der Waals surface area contributed by atoms with Gasteiger partial charge in [0.25, 0.3) is 0 Å². The van der Waals surface area contributed by atoms with Crippen LogP contribution in [0.5, 0.6) is 0 Å². The van der Waals surface area contributed by atoms with E-state index in [4.69, 9.17) is 0 Å². The SMILES string of the molecule is Cc1ccc(CC=C(Cc2ccc(C)cn2)Cc2ccc(C)cn2)nc1.NN. The van der Waals surface area contributed by atoms with E-state index < -0.39 is 0 Å². The van der Waals surface area contributed by atoms with Gasteiger partial charge in [0.15, 0.2) is 0 Å². The molecule has 0 radical (unpaired) electrons. The first-order chi connectivity index (χ1) is 13.6. The van der Waals surface area contributed by atoms with Gasteiger partial charge < -0.3 is 0 Å². The van der Waals surface area contributed by atoms with Crippen LogP contribution in [0.1, 0.15) is 33.8 Å². The van der Waals surface area contributed by atoms with Gasteiger partial charge in [0, 0.05) is 54.9 Å². The molecule has 0 aliphatic rings. The number of rotatable bonds is 6. The lowest BCUT2D eigenvalue weighted by Crippen LogP contribution is -2.02. The van der Waals surface area contributed by atoms with Crippen LogP contribution in [0.4, 0.5) is 0 Å². The molecule has 3 aromatic rings. The van der Waals surface area contributed by atoms with Crippen molar-refractivity contribution in [2.24, 2.45) is 11.7 Å². The van der Waals surface area contributed by atoms with E-state index >= 15 is 0 Å². The third-order valence-electron chi connectivity index (χ3n) is 4.33. The predicted molar refractivity (Wildman–Crippen MR) is 114 cm³/mol. The number of hydrogen-bond donors (Lipinski definition) is 2. The Morgan fingerprint density at radius 3 is 1.43 bits per heavy atom. The van der Waals surface area contributed by atoms with Crippen LogP contribution in [-0.2, 0) is 19.3 Å². The molecule has 0 bridgehead atoms. The summed E-state index contributed by atoms with van der Waals surface area (Å²) in [7, 11) is 0. The molecular weight excluding hydrogens is 346 g/mol. The van der Waals surface area contributed by atoms with Gasteiger partial charge in [-0.25, -0.2) is 0 Å². The molecule has 0 aliphatic carbocycles. The maximum Gasteiger partial charge on any atom is 0.0444 e. The zero-order valence-electron chi connectivity index (χ0n) is 16.9. The third-order valence-corrected chi connectivity index (χ3v) is 4.33. The number of nitrogens with two attached hydrogens (primary N) is 2. The molecule has 0 aliphatic heterocycles. The van der Waals surface area contributed by atoms with Gasteiger partial charge in [-0.2, -0.15) is 0 Å². The molecule has 3 heterocycles. The standard InChI is InChI=1S/C23H25N3.H4N2/c1-17-4-8-21(24-14-17)11-7-20(12-22-9-5-18(2)15-25-22)13-23-10-6-19(3)16-26-23;1-2/h4-10,14-16H,11-13H2,1-3H3;1-2H2. The second kappa shape index (κ2) is 11.1. The highest BCUT2D eigenvalue weighted by atomic mass is 15.0. The van der Waals surface area contributed by atoms with Gasteiger partial charge in [-0.3, -0.25) is 26.6 Å². The predicted octanol–water partition coefficient (Wildman–Crippen LogP) is 3.57. The highest BCUT2D eigenvalue weighted by molar-refractivity contribution is 5.25. The quantitative estimate of drug-likeness (QED) is 0.390. The van der Waals surface area contributed by atoms with Crippen molar-refractivity contribution in [1.82, 2.24) is 15.0 Å². The van der Waals surface area contributed by atoms with Crippen molar-refractivity contribution in [2.45, 2.75) is 40.0 Å². The van der Waals surface area contributed by atoms with Crippen LogP contribution in [0.25, 0.3) is 0 Å². The zero-order valence-corrected chi connectivity index (χ0v) is 16.9. The van der Waals surface area contributed by atoms with Gasteiger partial charge >= 0.3 is 0 Å². The molecule has 0 aromatic carbocycles. The van der Waals surface area contributed by atoms with Crippen molar-refractivity contribution in [3.05, 3.63) is 100 Å². The van der Waals surface area contributed by atoms with Crippen LogP contribution in [0.15, 0.2) is 66.6 Å². The lowest BCUT2D eigenvalue weighted by molar-refractivity contribution is 0.933. The number of pyridine rings is 3. The summed E-state index contributed by atoms with van der Waals surface area (Å²) >= 11 is 0. The Hall–Kier alpha value is -2.89. The first-order valence-electron chi connectivity index (χ1n) is 9.34. The number of aromatic nitrogens is 3. The van der Waals surface area contributed by atoms with Gasteiger partial charge in [0.05, 0.1) is 0 Å². The molecule has 0 amide bonds. The van der Waals surface area contributed by atoms with Crippen molar-refractivity contribution >= 4 is 0 Å². The smallest absolute Gasteiger partial charge is 0.0444 e. The summed E-state index contributed by atoms with van der Waals surface area (Å²) in [5, 5.41) is 0. The summed E-state index contributed by atoms with van der Waals surface area (Å²) in [6, 6.07) is 12.7. The van der Waals surface area contributed by atoms with E-state index in [1.165, 1.54) is 22.3 Å². The molecule has 5 nitrogen and oxygen atoms in total. The second-order valence-electron chi connectivity index (χ2n) is 6.90. The summed E-state index contributed by atoms with van der Waals surface area (Å²) in [6.45, 7) is 6.18. The van der Waals surface area contributed by atoms with Gasteiger partial charge in [-0.15, -0.1) is 0 Å². The number of aryl methyl sites for hydroxylation is 3. The number of nitrogens with zero attached hydrogens (tertiary/aromatic N) is 3. The molecule has 3 aromatic heterocycles. The molecule has 0 spiro atoms. The third kappa shape index (κ3) is 7.02. The Labute approximate surface area is 167 Å². The Balaban J connectivity index is 0.00000136. The Kier molecular flexibility index (Phi) is 8.46. The first-order valence-corrected chi connectivity index (χ1v) is 9.34. The minimum absolute atomic E-state index is 0.827. The van der Waals surface area contributed by atoms with Crippen LogP contribution in [0.3, 0.4) is 0 Å². The van der Waals surface area contributed by atoms with Crippen molar-refractivity contribution in [2.75, 3.05) is 0 Å². The molecule has 0 fully saturated rings. The van der Waals surface area contributed by atoms with E-state index in [1.807, 2.05) is 18.6 Å². The normalized spacial score (nSPS) is 10.0. The van der Waals surface area contributed by atoms with E-state index in [1.54, 1.807) is 0 Å². The van der Waals surface area contributed by atoms with E-state index in [-0.39, 0.29) is 0 Å². The van der Waals surface area contributed by atoms with Crippen LogP contribution in [0.2, 0.25) is 0 Å². The van der Waals surface area contributed by atoms with E-state index in [0.717, 1.165) is 36.3 Å². The highest BCUT2D eigenvalue weighted by Gasteiger charge is 2.05. The summed E-state index contributed by atoms with van der Waals surface area (Å²) < 4.78 is 0. The van der Waals surface area contributed by atoms with E-state index in [9.17, 15) is 0 Å². The number of hydrogen-bond acceptors (Lipinski definition) is 5. The number of allylic oxidation sites excluding steroid dienone is 2. The van der Waals surface area contributed by atoms with Gasteiger partial charge in [0.2, 0.25) is 0 Å². The first kappa shape index (κ1) is 21.4. The summed E-state index contributed by atoms with van der Waals surface area (Å²) in [6.07, 6.45) is 10.6. The van der Waals surface area contributed by atoms with Gasteiger partial charge in [0.1, 0.15) is 0 Å². The molecule has 3 rings (SSSR count).